The SMILES string of the molecule is CCCNCc1ccc(SCCCOC)cc1C. The highest BCUT2D eigenvalue weighted by Gasteiger charge is 2.00. The van der Waals surface area contributed by atoms with E-state index in [4.69, 9.17) is 4.74 Å². The molecule has 0 aliphatic rings. The van der Waals surface area contributed by atoms with E-state index in [1.54, 1.807) is 7.11 Å². The molecule has 0 saturated carbocycles. The minimum Gasteiger partial charge on any atom is -0.385 e. The second-order valence-corrected chi connectivity index (χ2v) is 5.63. The van der Waals surface area contributed by atoms with Crippen LogP contribution in [0.5, 0.6) is 0 Å². The summed E-state index contributed by atoms with van der Waals surface area (Å²) >= 11 is 1.91. The molecule has 102 valence electrons. The lowest BCUT2D eigenvalue weighted by molar-refractivity contribution is 0.200. The van der Waals surface area contributed by atoms with Crippen LogP contribution < -0.4 is 5.32 Å². The highest BCUT2D eigenvalue weighted by molar-refractivity contribution is 7.99. The van der Waals surface area contributed by atoms with Gasteiger partial charge in [-0.25, -0.2) is 0 Å². The highest BCUT2D eigenvalue weighted by atomic mass is 32.2. The standard InChI is InChI=1S/C15H25NOS/c1-4-8-16-12-14-6-7-15(11-13(14)2)18-10-5-9-17-3/h6-7,11,16H,4-5,8-10,12H2,1-3H3. The zero-order chi connectivity index (χ0) is 13.2. The first-order valence-corrected chi connectivity index (χ1v) is 7.68. The number of benzene rings is 1. The quantitative estimate of drug-likeness (QED) is 0.545. The van der Waals surface area contributed by atoms with E-state index < -0.39 is 0 Å². The van der Waals surface area contributed by atoms with Crippen LogP contribution in [-0.4, -0.2) is 26.0 Å². The number of hydrogen-bond acceptors (Lipinski definition) is 3. The van der Waals surface area contributed by atoms with Crippen molar-refractivity contribution in [3.05, 3.63) is 29.3 Å². The molecule has 1 rings (SSSR count). The van der Waals surface area contributed by atoms with Crippen molar-refractivity contribution in [2.75, 3.05) is 26.0 Å². The molecule has 0 amide bonds. The van der Waals surface area contributed by atoms with E-state index in [9.17, 15) is 0 Å². The van der Waals surface area contributed by atoms with Gasteiger partial charge >= 0.3 is 0 Å². The second kappa shape index (κ2) is 9.42. The van der Waals surface area contributed by atoms with Crippen LogP contribution in [0.25, 0.3) is 0 Å². The van der Waals surface area contributed by atoms with Gasteiger partial charge in [0.15, 0.2) is 0 Å². The minimum atomic E-state index is 0.852. The third-order valence-electron chi connectivity index (χ3n) is 2.82. The molecular weight excluding hydrogens is 242 g/mol. The maximum Gasteiger partial charge on any atom is 0.0470 e. The predicted octanol–water partition coefficient (Wildman–Crippen LogP) is 3.62. The third kappa shape index (κ3) is 5.89. The van der Waals surface area contributed by atoms with Crippen LogP contribution in [0.1, 0.15) is 30.9 Å². The Balaban J connectivity index is 2.41. The van der Waals surface area contributed by atoms with Crippen molar-refractivity contribution in [1.82, 2.24) is 5.32 Å². The van der Waals surface area contributed by atoms with E-state index in [1.807, 2.05) is 11.8 Å². The van der Waals surface area contributed by atoms with Gasteiger partial charge in [-0.3, -0.25) is 0 Å². The second-order valence-electron chi connectivity index (χ2n) is 4.46. The summed E-state index contributed by atoms with van der Waals surface area (Å²) in [7, 11) is 1.76. The maximum atomic E-state index is 5.06. The largest absolute Gasteiger partial charge is 0.385 e. The van der Waals surface area contributed by atoms with Crippen molar-refractivity contribution in [2.45, 2.75) is 38.1 Å². The molecule has 1 N–H and O–H groups in total. The fourth-order valence-corrected chi connectivity index (χ4v) is 2.67. The average Bonchev–Trinajstić information content (AvgIpc) is 2.37. The minimum absolute atomic E-state index is 0.852. The fraction of sp³-hybridized carbons (Fsp3) is 0.600. The van der Waals surface area contributed by atoms with Gasteiger partial charge in [0.25, 0.3) is 0 Å². The molecule has 0 bridgehead atoms. The number of hydrogen-bond donors (Lipinski definition) is 1. The first-order valence-electron chi connectivity index (χ1n) is 6.70. The van der Waals surface area contributed by atoms with Crippen molar-refractivity contribution >= 4 is 11.8 Å². The van der Waals surface area contributed by atoms with E-state index in [2.05, 4.69) is 37.4 Å². The summed E-state index contributed by atoms with van der Waals surface area (Å²) in [5.74, 6) is 1.13. The van der Waals surface area contributed by atoms with Crippen LogP contribution in [0.2, 0.25) is 0 Å². The normalized spacial score (nSPS) is 10.8. The number of ether oxygens (including phenoxy) is 1. The number of nitrogens with one attached hydrogen (secondary N) is 1. The monoisotopic (exact) mass is 267 g/mol. The van der Waals surface area contributed by atoms with Crippen LogP contribution in [0.15, 0.2) is 23.1 Å². The van der Waals surface area contributed by atoms with Crippen LogP contribution in [-0.2, 0) is 11.3 Å². The molecule has 0 aliphatic heterocycles. The predicted molar refractivity (Wildman–Crippen MR) is 80.4 cm³/mol. The Hall–Kier alpha value is -0.510. The van der Waals surface area contributed by atoms with E-state index in [0.29, 0.717) is 0 Å². The molecule has 0 spiro atoms. The van der Waals surface area contributed by atoms with Gasteiger partial charge < -0.3 is 10.1 Å². The highest BCUT2D eigenvalue weighted by Crippen LogP contribution is 2.22. The molecule has 3 heteroatoms. The third-order valence-corrected chi connectivity index (χ3v) is 3.90. The van der Waals surface area contributed by atoms with Gasteiger partial charge in [-0.1, -0.05) is 13.0 Å². The summed E-state index contributed by atoms with van der Waals surface area (Å²) in [5, 5.41) is 3.45. The zero-order valence-electron chi connectivity index (χ0n) is 11.8. The van der Waals surface area contributed by atoms with Crippen molar-refractivity contribution in [3.63, 3.8) is 0 Å². The Bertz CT molecular complexity index is 341. The molecule has 0 aromatic heterocycles. The summed E-state index contributed by atoms with van der Waals surface area (Å²) in [4.78, 5) is 1.36. The molecule has 0 aliphatic carbocycles. The Kier molecular flexibility index (Phi) is 8.14. The molecule has 0 fully saturated rings. The Morgan fingerprint density at radius 2 is 2.17 bits per heavy atom. The van der Waals surface area contributed by atoms with E-state index in [1.165, 1.54) is 22.4 Å². The molecular formula is C15H25NOS. The lowest BCUT2D eigenvalue weighted by Crippen LogP contribution is -2.14. The molecule has 0 radical (unpaired) electrons. The molecule has 1 aromatic carbocycles. The summed E-state index contributed by atoms with van der Waals surface area (Å²) in [6.45, 7) is 7.31. The number of thioether (sulfide) groups is 1. The van der Waals surface area contributed by atoms with E-state index in [0.717, 1.165) is 31.9 Å². The lowest BCUT2D eigenvalue weighted by atomic mass is 10.1. The van der Waals surface area contributed by atoms with Gasteiger partial charge in [0.1, 0.15) is 0 Å². The average molecular weight is 267 g/mol. The molecule has 0 atom stereocenters. The van der Waals surface area contributed by atoms with Crippen LogP contribution in [0, 0.1) is 6.92 Å². The van der Waals surface area contributed by atoms with Crippen molar-refractivity contribution in [3.8, 4) is 0 Å². The van der Waals surface area contributed by atoms with Gasteiger partial charge in [-0.2, -0.15) is 0 Å². The number of methoxy groups -OCH3 is 1. The zero-order valence-corrected chi connectivity index (χ0v) is 12.6. The Labute approximate surface area is 116 Å². The van der Waals surface area contributed by atoms with Gasteiger partial charge in [0.05, 0.1) is 0 Å². The molecule has 0 saturated heterocycles. The van der Waals surface area contributed by atoms with Gasteiger partial charge in [0.2, 0.25) is 0 Å². The summed E-state index contributed by atoms with van der Waals surface area (Å²) in [6.07, 6.45) is 2.30. The van der Waals surface area contributed by atoms with Gasteiger partial charge in [-0.05, 0) is 49.6 Å². The lowest BCUT2D eigenvalue weighted by Gasteiger charge is -2.09. The van der Waals surface area contributed by atoms with Crippen molar-refractivity contribution in [2.24, 2.45) is 0 Å². The first-order chi connectivity index (χ1) is 8.77. The maximum absolute atomic E-state index is 5.06. The van der Waals surface area contributed by atoms with Crippen molar-refractivity contribution in [1.29, 1.82) is 0 Å². The molecule has 1 aromatic rings. The Morgan fingerprint density at radius 3 is 2.83 bits per heavy atom. The summed E-state index contributed by atoms with van der Waals surface area (Å²) < 4.78 is 5.06. The first kappa shape index (κ1) is 15.5. The molecule has 18 heavy (non-hydrogen) atoms. The smallest absolute Gasteiger partial charge is 0.0470 e. The fourth-order valence-electron chi connectivity index (χ4n) is 1.75. The molecule has 0 unspecified atom stereocenters. The van der Waals surface area contributed by atoms with E-state index >= 15 is 0 Å². The van der Waals surface area contributed by atoms with Crippen molar-refractivity contribution < 1.29 is 4.74 Å². The number of rotatable bonds is 9. The molecule has 2 nitrogen and oxygen atoms in total. The van der Waals surface area contributed by atoms with E-state index in [-0.39, 0.29) is 0 Å². The van der Waals surface area contributed by atoms with Crippen LogP contribution >= 0.6 is 11.8 Å². The number of aryl methyl sites for hydroxylation is 1. The van der Waals surface area contributed by atoms with Crippen LogP contribution in [0.3, 0.4) is 0 Å². The molecule has 0 heterocycles. The van der Waals surface area contributed by atoms with Gasteiger partial charge in [-0.15, -0.1) is 11.8 Å². The Morgan fingerprint density at radius 1 is 1.33 bits per heavy atom. The van der Waals surface area contributed by atoms with Gasteiger partial charge in [0, 0.05) is 30.9 Å². The summed E-state index contributed by atoms with van der Waals surface area (Å²) in [6, 6.07) is 6.77. The summed E-state index contributed by atoms with van der Waals surface area (Å²) in [5.41, 5.74) is 2.79. The topological polar surface area (TPSA) is 21.3 Å². The van der Waals surface area contributed by atoms with Crippen LogP contribution in [0.4, 0.5) is 0 Å².